The molecule has 0 aliphatic heterocycles. The number of carbonyl (C=O) groups excluding carboxylic acids is 1. The topological polar surface area (TPSA) is 52.3 Å². The van der Waals surface area contributed by atoms with Crippen molar-refractivity contribution in [1.29, 1.82) is 0 Å². The van der Waals surface area contributed by atoms with Crippen LogP contribution in [0.15, 0.2) is 78.9 Å². The molecule has 0 saturated heterocycles. The zero-order valence-corrected chi connectivity index (χ0v) is 13.3. The molecule has 1 amide bonds. The van der Waals surface area contributed by atoms with E-state index in [0.29, 0.717) is 18.6 Å². The van der Waals surface area contributed by atoms with Crippen molar-refractivity contribution in [2.45, 2.75) is 13.0 Å². The van der Waals surface area contributed by atoms with Gasteiger partial charge in [-0.25, -0.2) is 0 Å². The molecule has 0 radical (unpaired) electrons. The quantitative estimate of drug-likeness (QED) is 0.748. The third-order valence-electron chi connectivity index (χ3n) is 3.87. The van der Waals surface area contributed by atoms with E-state index in [-0.39, 0.29) is 0 Å². The summed E-state index contributed by atoms with van der Waals surface area (Å²) in [6.45, 7) is 0.509. The van der Waals surface area contributed by atoms with Crippen LogP contribution in [0.3, 0.4) is 0 Å². The van der Waals surface area contributed by atoms with Crippen LogP contribution >= 0.6 is 0 Å². The van der Waals surface area contributed by atoms with Gasteiger partial charge in [0.25, 0.3) is 0 Å². The Kier molecular flexibility index (Phi) is 4.92. The number of benzene rings is 3. The fourth-order valence-corrected chi connectivity index (χ4v) is 2.65. The van der Waals surface area contributed by atoms with E-state index in [4.69, 9.17) is 10.5 Å². The molecule has 0 aromatic heterocycles. The SMILES string of the molecule is NC(=O)c1ccccc1Cc1ccccc1OCc1ccccc1. The van der Waals surface area contributed by atoms with Gasteiger partial charge in [-0.2, -0.15) is 0 Å². The van der Waals surface area contributed by atoms with Crippen molar-refractivity contribution in [3.63, 3.8) is 0 Å². The summed E-state index contributed by atoms with van der Waals surface area (Å²) < 4.78 is 5.98. The zero-order chi connectivity index (χ0) is 16.8. The zero-order valence-electron chi connectivity index (χ0n) is 13.3. The molecule has 3 heteroatoms. The molecule has 3 aromatic carbocycles. The van der Waals surface area contributed by atoms with Gasteiger partial charge in [-0.15, -0.1) is 0 Å². The van der Waals surface area contributed by atoms with Crippen molar-refractivity contribution in [1.82, 2.24) is 0 Å². The van der Waals surface area contributed by atoms with Crippen LogP contribution in [0.4, 0.5) is 0 Å². The minimum Gasteiger partial charge on any atom is -0.489 e. The number of rotatable bonds is 6. The van der Waals surface area contributed by atoms with Gasteiger partial charge in [0.05, 0.1) is 0 Å². The monoisotopic (exact) mass is 317 g/mol. The van der Waals surface area contributed by atoms with E-state index in [9.17, 15) is 4.79 Å². The first-order valence-electron chi connectivity index (χ1n) is 7.86. The van der Waals surface area contributed by atoms with Gasteiger partial charge < -0.3 is 10.5 Å². The molecule has 0 heterocycles. The van der Waals surface area contributed by atoms with Crippen molar-refractivity contribution < 1.29 is 9.53 Å². The molecular weight excluding hydrogens is 298 g/mol. The van der Waals surface area contributed by atoms with Crippen molar-refractivity contribution in [2.24, 2.45) is 5.73 Å². The molecule has 2 N–H and O–H groups in total. The highest BCUT2D eigenvalue weighted by molar-refractivity contribution is 5.94. The highest BCUT2D eigenvalue weighted by Gasteiger charge is 2.10. The van der Waals surface area contributed by atoms with Gasteiger partial charge in [-0.3, -0.25) is 4.79 Å². The van der Waals surface area contributed by atoms with Crippen LogP contribution < -0.4 is 10.5 Å². The summed E-state index contributed by atoms with van der Waals surface area (Å²) in [6, 6.07) is 25.3. The molecular formula is C21H19NO2. The molecule has 0 spiro atoms. The lowest BCUT2D eigenvalue weighted by Crippen LogP contribution is -2.14. The maximum absolute atomic E-state index is 11.6. The Hall–Kier alpha value is -3.07. The van der Waals surface area contributed by atoms with Gasteiger partial charge in [-0.1, -0.05) is 66.7 Å². The van der Waals surface area contributed by atoms with Gasteiger partial charge in [0, 0.05) is 12.0 Å². The van der Waals surface area contributed by atoms with Crippen molar-refractivity contribution in [3.8, 4) is 5.75 Å². The predicted octanol–water partition coefficient (Wildman–Crippen LogP) is 3.96. The first-order valence-corrected chi connectivity index (χ1v) is 7.86. The van der Waals surface area contributed by atoms with Crippen molar-refractivity contribution in [3.05, 3.63) is 101 Å². The average Bonchev–Trinajstić information content (AvgIpc) is 2.62. The molecule has 120 valence electrons. The number of hydrogen-bond donors (Lipinski definition) is 1. The molecule has 0 atom stereocenters. The van der Waals surface area contributed by atoms with E-state index in [0.717, 1.165) is 22.4 Å². The third kappa shape index (κ3) is 3.82. The number of carbonyl (C=O) groups is 1. The van der Waals surface area contributed by atoms with Crippen LogP contribution in [0.1, 0.15) is 27.0 Å². The smallest absolute Gasteiger partial charge is 0.248 e. The van der Waals surface area contributed by atoms with Crippen LogP contribution in [0, 0.1) is 0 Å². The second kappa shape index (κ2) is 7.47. The normalized spacial score (nSPS) is 10.3. The second-order valence-electron chi connectivity index (χ2n) is 5.58. The lowest BCUT2D eigenvalue weighted by atomic mass is 9.99. The number of ether oxygens (including phenoxy) is 1. The van der Waals surface area contributed by atoms with Gasteiger partial charge in [0.2, 0.25) is 5.91 Å². The molecule has 24 heavy (non-hydrogen) atoms. The Morgan fingerprint density at radius 2 is 1.42 bits per heavy atom. The first kappa shape index (κ1) is 15.8. The van der Waals surface area contributed by atoms with Gasteiger partial charge in [-0.05, 0) is 28.8 Å². The summed E-state index contributed by atoms with van der Waals surface area (Å²) in [7, 11) is 0. The van der Waals surface area contributed by atoms with Crippen molar-refractivity contribution in [2.75, 3.05) is 0 Å². The minimum atomic E-state index is -0.409. The molecule has 3 nitrogen and oxygen atoms in total. The van der Waals surface area contributed by atoms with Gasteiger partial charge >= 0.3 is 0 Å². The third-order valence-corrected chi connectivity index (χ3v) is 3.87. The lowest BCUT2D eigenvalue weighted by molar-refractivity contribution is 0.0999. The first-order chi connectivity index (χ1) is 11.7. The Bertz CT molecular complexity index is 828. The summed E-state index contributed by atoms with van der Waals surface area (Å²) in [4.78, 5) is 11.6. The van der Waals surface area contributed by atoms with E-state index in [2.05, 4.69) is 0 Å². The molecule has 0 aliphatic rings. The maximum Gasteiger partial charge on any atom is 0.248 e. The molecule has 0 unspecified atom stereocenters. The fraction of sp³-hybridized carbons (Fsp3) is 0.0952. The summed E-state index contributed by atoms with van der Waals surface area (Å²) in [5.41, 5.74) is 9.07. The largest absolute Gasteiger partial charge is 0.489 e. The Morgan fingerprint density at radius 1 is 0.792 bits per heavy atom. The average molecular weight is 317 g/mol. The summed E-state index contributed by atoms with van der Waals surface area (Å²) in [6.07, 6.45) is 0.601. The van der Waals surface area contributed by atoms with Crippen LogP contribution in [0.5, 0.6) is 5.75 Å². The summed E-state index contributed by atoms with van der Waals surface area (Å²) >= 11 is 0. The summed E-state index contributed by atoms with van der Waals surface area (Å²) in [5.74, 6) is 0.411. The van der Waals surface area contributed by atoms with E-state index in [1.807, 2.05) is 72.8 Å². The number of para-hydroxylation sites is 1. The number of primary amides is 1. The fourth-order valence-electron chi connectivity index (χ4n) is 2.65. The highest BCUT2D eigenvalue weighted by Crippen LogP contribution is 2.24. The molecule has 0 fully saturated rings. The van der Waals surface area contributed by atoms with E-state index >= 15 is 0 Å². The lowest BCUT2D eigenvalue weighted by Gasteiger charge is -2.13. The molecule has 0 bridgehead atoms. The van der Waals surface area contributed by atoms with Crippen molar-refractivity contribution >= 4 is 5.91 Å². The molecule has 0 saturated carbocycles. The van der Waals surface area contributed by atoms with Crippen LogP contribution in [-0.2, 0) is 13.0 Å². The number of amides is 1. The van der Waals surface area contributed by atoms with Gasteiger partial charge in [0.15, 0.2) is 0 Å². The van der Waals surface area contributed by atoms with E-state index in [1.165, 1.54) is 0 Å². The number of hydrogen-bond acceptors (Lipinski definition) is 2. The van der Waals surface area contributed by atoms with E-state index < -0.39 is 5.91 Å². The molecule has 3 aromatic rings. The predicted molar refractivity (Wildman–Crippen MR) is 95.0 cm³/mol. The standard InChI is InChI=1S/C21H19NO2/c22-21(23)19-12-6-4-10-17(19)14-18-11-5-7-13-20(18)24-15-16-8-2-1-3-9-16/h1-13H,14-15H2,(H2,22,23). The van der Waals surface area contributed by atoms with Gasteiger partial charge in [0.1, 0.15) is 12.4 Å². The molecule has 3 rings (SSSR count). The summed E-state index contributed by atoms with van der Waals surface area (Å²) in [5, 5.41) is 0. The molecule has 0 aliphatic carbocycles. The Balaban J connectivity index is 1.81. The highest BCUT2D eigenvalue weighted by atomic mass is 16.5. The second-order valence-corrected chi connectivity index (χ2v) is 5.58. The Morgan fingerprint density at radius 3 is 2.17 bits per heavy atom. The van der Waals surface area contributed by atoms with Crippen LogP contribution in [0.2, 0.25) is 0 Å². The van der Waals surface area contributed by atoms with Crippen LogP contribution in [-0.4, -0.2) is 5.91 Å². The Labute approximate surface area is 141 Å². The van der Waals surface area contributed by atoms with E-state index in [1.54, 1.807) is 6.07 Å². The van der Waals surface area contributed by atoms with Crippen LogP contribution in [0.25, 0.3) is 0 Å². The number of nitrogens with two attached hydrogens (primary N) is 1. The minimum absolute atomic E-state index is 0.409. The maximum atomic E-state index is 11.6.